The van der Waals surface area contributed by atoms with Crippen LogP contribution in [0.5, 0.6) is 0 Å². The number of carbonyl (C=O) groups is 1. The first-order valence-electron chi connectivity index (χ1n) is 7.46. The van der Waals surface area contributed by atoms with Gasteiger partial charge in [0.15, 0.2) is 0 Å². The topological polar surface area (TPSA) is 40.5 Å². The predicted molar refractivity (Wildman–Crippen MR) is 75.9 cm³/mol. The van der Waals surface area contributed by atoms with Crippen molar-refractivity contribution in [2.75, 3.05) is 6.54 Å². The Kier molecular flexibility index (Phi) is 5.67. The van der Waals surface area contributed by atoms with E-state index >= 15 is 0 Å². The third kappa shape index (κ3) is 4.49. The Labute approximate surface area is 123 Å². The summed E-state index contributed by atoms with van der Waals surface area (Å²) < 4.78 is 27.6. The van der Waals surface area contributed by atoms with Crippen LogP contribution in [0.15, 0.2) is 18.2 Å². The SMILES string of the molecule is O=C(O)CCCN(Cc1c(F)cccc1F)C1CCCC1. The van der Waals surface area contributed by atoms with Crippen LogP contribution >= 0.6 is 0 Å². The lowest BCUT2D eigenvalue weighted by Gasteiger charge is -2.29. The van der Waals surface area contributed by atoms with Crippen LogP contribution in [0, 0.1) is 11.6 Å². The minimum Gasteiger partial charge on any atom is -0.481 e. The van der Waals surface area contributed by atoms with Gasteiger partial charge >= 0.3 is 5.97 Å². The molecule has 116 valence electrons. The first kappa shape index (κ1) is 15.9. The van der Waals surface area contributed by atoms with Crippen LogP contribution in [0.3, 0.4) is 0 Å². The number of carboxylic acid groups (broad SMARTS) is 1. The normalized spacial score (nSPS) is 15.8. The van der Waals surface area contributed by atoms with Gasteiger partial charge in [-0.25, -0.2) is 8.78 Å². The Hall–Kier alpha value is -1.49. The van der Waals surface area contributed by atoms with Crippen LogP contribution in [0.2, 0.25) is 0 Å². The number of aliphatic carboxylic acids is 1. The van der Waals surface area contributed by atoms with Crippen molar-refractivity contribution in [2.45, 2.75) is 51.1 Å². The Balaban J connectivity index is 2.05. The summed E-state index contributed by atoms with van der Waals surface area (Å²) >= 11 is 0. The zero-order chi connectivity index (χ0) is 15.2. The molecular formula is C16H21F2NO2. The molecule has 0 heterocycles. The van der Waals surface area contributed by atoms with Gasteiger partial charge in [-0.05, 0) is 37.9 Å². The van der Waals surface area contributed by atoms with E-state index in [2.05, 4.69) is 0 Å². The lowest BCUT2D eigenvalue weighted by Crippen LogP contribution is -2.34. The molecule has 0 saturated heterocycles. The molecule has 0 aliphatic heterocycles. The van der Waals surface area contributed by atoms with E-state index in [1.807, 2.05) is 4.90 Å². The first-order valence-corrected chi connectivity index (χ1v) is 7.46. The van der Waals surface area contributed by atoms with Crippen LogP contribution < -0.4 is 0 Å². The quantitative estimate of drug-likeness (QED) is 0.836. The molecule has 1 aromatic carbocycles. The van der Waals surface area contributed by atoms with Gasteiger partial charge in [0.05, 0.1) is 0 Å². The second kappa shape index (κ2) is 7.50. The third-order valence-corrected chi connectivity index (χ3v) is 4.10. The van der Waals surface area contributed by atoms with Gasteiger partial charge in [0, 0.05) is 24.6 Å². The van der Waals surface area contributed by atoms with Crippen LogP contribution in [-0.4, -0.2) is 28.6 Å². The molecule has 0 radical (unpaired) electrons. The second-order valence-electron chi connectivity index (χ2n) is 5.61. The number of benzene rings is 1. The lowest BCUT2D eigenvalue weighted by molar-refractivity contribution is -0.137. The highest BCUT2D eigenvalue weighted by Gasteiger charge is 2.24. The number of rotatable bonds is 7. The first-order chi connectivity index (χ1) is 10.1. The van der Waals surface area contributed by atoms with E-state index in [4.69, 9.17) is 5.11 Å². The van der Waals surface area contributed by atoms with Crippen molar-refractivity contribution in [3.63, 3.8) is 0 Å². The summed E-state index contributed by atoms with van der Waals surface area (Å²) in [5, 5.41) is 8.73. The molecule has 1 aromatic rings. The maximum atomic E-state index is 13.8. The molecule has 0 amide bonds. The average Bonchev–Trinajstić information content (AvgIpc) is 2.94. The van der Waals surface area contributed by atoms with E-state index in [1.54, 1.807) is 0 Å². The maximum absolute atomic E-state index is 13.8. The van der Waals surface area contributed by atoms with Gasteiger partial charge in [-0.2, -0.15) is 0 Å². The largest absolute Gasteiger partial charge is 0.481 e. The number of hydrogen-bond acceptors (Lipinski definition) is 2. The molecule has 1 N–H and O–H groups in total. The second-order valence-corrected chi connectivity index (χ2v) is 5.61. The van der Waals surface area contributed by atoms with Crippen molar-refractivity contribution in [2.24, 2.45) is 0 Å². The molecule has 21 heavy (non-hydrogen) atoms. The van der Waals surface area contributed by atoms with Crippen molar-refractivity contribution in [1.29, 1.82) is 0 Å². The fourth-order valence-electron chi connectivity index (χ4n) is 2.98. The van der Waals surface area contributed by atoms with Gasteiger partial charge in [0.2, 0.25) is 0 Å². The van der Waals surface area contributed by atoms with Crippen molar-refractivity contribution < 1.29 is 18.7 Å². The van der Waals surface area contributed by atoms with Crippen molar-refractivity contribution in [3.8, 4) is 0 Å². The van der Waals surface area contributed by atoms with Gasteiger partial charge in [-0.1, -0.05) is 18.9 Å². The van der Waals surface area contributed by atoms with Gasteiger partial charge in [-0.3, -0.25) is 9.69 Å². The van der Waals surface area contributed by atoms with Crippen LogP contribution in [0.1, 0.15) is 44.1 Å². The number of carboxylic acids is 1. The molecule has 5 heteroatoms. The lowest BCUT2D eigenvalue weighted by atomic mass is 10.1. The molecule has 1 aliphatic carbocycles. The Morgan fingerprint density at radius 3 is 2.43 bits per heavy atom. The number of hydrogen-bond donors (Lipinski definition) is 1. The van der Waals surface area contributed by atoms with Gasteiger partial charge < -0.3 is 5.11 Å². The van der Waals surface area contributed by atoms with Crippen LogP contribution in [0.25, 0.3) is 0 Å². The highest BCUT2D eigenvalue weighted by atomic mass is 19.1. The summed E-state index contributed by atoms with van der Waals surface area (Å²) in [6.45, 7) is 0.771. The average molecular weight is 297 g/mol. The summed E-state index contributed by atoms with van der Waals surface area (Å²) in [5.41, 5.74) is 0.0831. The predicted octanol–water partition coefficient (Wildman–Crippen LogP) is 3.57. The molecule has 0 unspecified atom stereocenters. The minimum atomic E-state index is -0.835. The van der Waals surface area contributed by atoms with Crippen LogP contribution in [-0.2, 0) is 11.3 Å². The molecule has 0 atom stereocenters. The molecule has 1 fully saturated rings. The summed E-state index contributed by atoms with van der Waals surface area (Å²) in [6, 6.07) is 4.20. The summed E-state index contributed by atoms with van der Waals surface area (Å²) in [4.78, 5) is 12.7. The Morgan fingerprint density at radius 2 is 1.86 bits per heavy atom. The third-order valence-electron chi connectivity index (χ3n) is 4.10. The van der Waals surface area contributed by atoms with Crippen molar-refractivity contribution in [3.05, 3.63) is 35.4 Å². The van der Waals surface area contributed by atoms with Gasteiger partial charge in [0.25, 0.3) is 0 Å². The van der Waals surface area contributed by atoms with Crippen molar-refractivity contribution in [1.82, 2.24) is 4.90 Å². The van der Waals surface area contributed by atoms with E-state index in [-0.39, 0.29) is 18.5 Å². The maximum Gasteiger partial charge on any atom is 0.303 e. The van der Waals surface area contributed by atoms with Crippen LogP contribution in [0.4, 0.5) is 8.78 Å². The molecule has 0 bridgehead atoms. The smallest absolute Gasteiger partial charge is 0.303 e. The Morgan fingerprint density at radius 1 is 1.24 bits per heavy atom. The molecular weight excluding hydrogens is 276 g/mol. The molecule has 1 aliphatic rings. The fourth-order valence-corrected chi connectivity index (χ4v) is 2.98. The zero-order valence-corrected chi connectivity index (χ0v) is 12.0. The molecule has 1 saturated carbocycles. The van der Waals surface area contributed by atoms with Gasteiger partial charge in [0.1, 0.15) is 11.6 Å². The minimum absolute atomic E-state index is 0.0831. The van der Waals surface area contributed by atoms with E-state index in [1.165, 1.54) is 18.2 Å². The van der Waals surface area contributed by atoms with E-state index < -0.39 is 17.6 Å². The molecule has 0 spiro atoms. The molecule has 3 nitrogen and oxygen atoms in total. The monoisotopic (exact) mass is 297 g/mol. The summed E-state index contributed by atoms with van der Waals surface area (Å²) in [7, 11) is 0. The summed E-state index contributed by atoms with van der Waals surface area (Å²) in [5.74, 6) is -1.90. The highest BCUT2D eigenvalue weighted by Crippen LogP contribution is 2.26. The summed E-state index contributed by atoms with van der Waals surface area (Å²) in [6.07, 6.45) is 4.87. The number of halogens is 2. The fraction of sp³-hybridized carbons (Fsp3) is 0.562. The van der Waals surface area contributed by atoms with Gasteiger partial charge in [-0.15, -0.1) is 0 Å². The van der Waals surface area contributed by atoms with Crippen molar-refractivity contribution >= 4 is 5.97 Å². The molecule has 0 aromatic heterocycles. The van der Waals surface area contributed by atoms with E-state index in [0.717, 1.165) is 25.7 Å². The standard InChI is InChI=1S/C16H21F2NO2/c17-14-7-3-8-15(18)13(14)11-19(10-4-9-16(20)21)12-5-1-2-6-12/h3,7-8,12H,1-2,4-6,9-11H2,(H,20,21). The Bertz CT molecular complexity index is 467. The number of nitrogens with zero attached hydrogens (tertiary/aromatic N) is 1. The molecule has 2 rings (SSSR count). The van der Waals surface area contributed by atoms with E-state index in [9.17, 15) is 13.6 Å². The van der Waals surface area contributed by atoms with E-state index in [0.29, 0.717) is 19.0 Å². The zero-order valence-electron chi connectivity index (χ0n) is 12.0. The highest BCUT2D eigenvalue weighted by molar-refractivity contribution is 5.66.